The fraction of sp³-hybridized carbons (Fsp3) is 0.0870. The molecule has 1 aromatic heterocycles. The molecule has 144 valence electrons. The molecule has 0 saturated carbocycles. The average Bonchev–Trinajstić information content (AvgIpc) is 3.18. The number of ether oxygens (including phenoxy) is 1. The molecule has 0 bridgehead atoms. The summed E-state index contributed by atoms with van der Waals surface area (Å²) < 4.78 is 10.9. The number of para-hydroxylation sites is 2. The lowest BCUT2D eigenvalue weighted by Gasteiger charge is -2.08. The zero-order valence-corrected chi connectivity index (χ0v) is 15.7. The van der Waals surface area contributed by atoms with Gasteiger partial charge in [0.25, 0.3) is 5.91 Å². The second kappa shape index (κ2) is 7.98. The first kappa shape index (κ1) is 18.4. The smallest absolute Gasteiger partial charge is 0.310 e. The Hall–Kier alpha value is -3.93. The van der Waals surface area contributed by atoms with Crippen LogP contribution in [0.5, 0.6) is 5.75 Å². The van der Waals surface area contributed by atoms with Gasteiger partial charge in [-0.2, -0.15) is 0 Å². The summed E-state index contributed by atoms with van der Waals surface area (Å²) >= 11 is 0. The molecule has 1 N–H and O–H groups in total. The van der Waals surface area contributed by atoms with Crippen LogP contribution in [0.25, 0.3) is 22.6 Å². The normalized spacial score (nSPS) is 10.7. The quantitative estimate of drug-likeness (QED) is 0.383. The molecule has 29 heavy (non-hydrogen) atoms. The van der Waals surface area contributed by atoms with Crippen LogP contribution < -0.4 is 10.1 Å². The summed E-state index contributed by atoms with van der Waals surface area (Å²) in [4.78, 5) is 28.4. The minimum Gasteiger partial charge on any atom is -0.436 e. The highest BCUT2D eigenvalue weighted by molar-refractivity contribution is 6.04. The molecule has 0 aliphatic carbocycles. The molecule has 0 radical (unpaired) electrons. The number of benzene rings is 3. The van der Waals surface area contributed by atoms with Crippen molar-refractivity contribution in [1.29, 1.82) is 0 Å². The van der Waals surface area contributed by atoms with Gasteiger partial charge >= 0.3 is 5.97 Å². The van der Waals surface area contributed by atoms with Gasteiger partial charge in [0.2, 0.25) is 5.89 Å². The van der Waals surface area contributed by atoms with Gasteiger partial charge in [0, 0.05) is 23.2 Å². The van der Waals surface area contributed by atoms with Crippen LogP contribution in [0.15, 0.2) is 77.2 Å². The Morgan fingerprint density at radius 2 is 1.79 bits per heavy atom. The highest BCUT2D eigenvalue weighted by atomic mass is 16.5. The van der Waals surface area contributed by atoms with E-state index in [9.17, 15) is 9.59 Å². The molecule has 3 aromatic carbocycles. The lowest BCUT2D eigenvalue weighted by Crippen LogP contribution is -2.12. The standard InChI is InChI=1S/C23H18N2O4/c1-2-21(26)28-18-7-5-6-16(14-18)22(27)24-17-12-10-15(11-13-17)23-25-19-8-3-4-9-20(19)29-23/h3-14H,2H2,1H3,(H,24,27). The van der Waals surface area contributed by atoms with Crippen LogP contribution in [0.4, 0.5) is 5.69 Å². The van der Waals surface area contributed by atoms with E-state index in [2.05, 4.69) is 10.3 Å². The number of oxazole rings is 1. The Balaban J connectivity index is 1.48. The Labute approximate surface area is 167 Å². The summed E-state index contributed by atoms with van der Waals surface area (Å²) in [7, 11) is 0. The number of esters is 1. The molecule has 0 aliphatic rings. The third-order valence-electron chi connectivity index (χ3n) is 4.30. The molecule has 0 aliphatic heterocycles. The minimum absolute atomic E-state index is 0.267. The first-order valence-electron chi connectivity index (χ1n) is 9.20. The lowest BCUT2D eigenvalue weighted by atomic mass is 10.1. The van der Waals surface area contributed by atoms with Gasteiger partial charge in [-0.25, -0.2) is 4.98 Å². The number of carbonyl (C=O) groups is 2. The van der Waals surface area contributed by atoms with E-state index in [1.165, 1.54) is 6.07 Å². The predicted octanol–water partition coefficient (Wildman–Crippen LogP) is 5.06. The third kappa shape index (κ3) is 4.16. The molecule has 0 spiro atoms. The Bertz CT molecular complexity index is 1150. The highest BCUT2D eigenvalue weighted by Crippen LogP contribution is 2.25. The van der Waals surface area contributed by atoms with Gasteiger partial charge in [-0.3, -0.25) is 9.59 Å². The maximum absolute atomic E-state index is 12.5. The van der Waals surface area contributed by atoms with Crippen LogP contribution in [0, 0.1) is 0 Å². The van der Waals surface area contributed by atoms with E-state index in [-0.39, 0.29) is 18.3 Å². The number of fused-ring (bicyclic) bond motifs is 1. The zero-order chi connectivity index (χ0) is 20.2. The van der Waals surface area contributed by atoms with Crippen molar-refractivity contribution in [3.8, 4) is 17.2 Å². The molecule has 4 aromatic rings. The van der Waals surface area contributed by atoms with E-state index in [1.807, 2.05) is 36.4 Å². The largest absolute Gasteiger partial charge is 0.436 e. The van der Waals surface area contributed by atoms with Crippen LogP contribution in [-0.4, -0.2) is 16.9 Å². The topological polar surface area (TPSA) is 81.4 Å². The van der Waals surface area contributed by atoms with Gasteiger partial charge in [-0.15, -0.1) is 0 Å². The van der Waals surface area contributed by atoms with Gasteiger partial charge in [-0.1, -0.05) is 25.1 Å². The van der Waals surface area contributed by atoms with E-state index in [1.54, 1.807) is 37.3 Å². The lowest BCUT2D eigenvalue weighted by molar-refractivity contribution is -0.134. The Morgan fingerprint density at radius 1 is 1.00 bits per heavy atom. The molecule has 0 unspecified atom stereocenters. The van der Waals surface area contributed by atoms with Crippen molar-refractivity contribution >= 4 is 28.7 Å². The van der Waals surface area contributed by atoms with E-state index in [0.717, 1.165) is 16.7 Å². The maximum Gasteiger partial charge on any atom is 0.310 e. The Kier molecular flexibility index (Phi) is 5.07. The summed E-state index contributed by atoms with van der Waals surface area (Å²) in [6, 6.07) is 21.3. The van der Waals surface area contributed by atoms with Gasteiger partial charge in [0.15, 0.2) is 5.58 Å². The highest BCUT2D eigenvalue weighted by Gasteiger charge is 2.11. The van der Waals surface area contributed by atoms with Gasteiger partial charge in [-0.05, 0) is 54.6 Å². The SMILES string of the molecule is CCC(=O)Oc1cccc(C(=O)Nc2ccc(-c3nc4ccccc4o3)cc2)c1. The van der Waals surface area contributed by atoms with E-state index in [0.29, 0.717) is 22.9 Å². The monoisotopic (exact) mass is 386 g/mol. The number of nitrogens with one attached hydrogen (secondary N) is 1. The number of carbonyl (C=O) groups excluding carboxylic acids is 2. The summed E-state index contributed by atoms with van der Waals surface area (Å²) in [5.74, 6) is 0.219. The number of hydrogen-bond acceptors (Lipinski definition) is 5. The van der Waals surface area contributed by atoms with E-state index in [4.69, 9.17) is 9.15 Å². The molecule has 0 saturated heterocycles. The van der Waals surface area contributed by atoms with Gasteiger partial charge < -0.3 is 14.5 Å². The predicted molar refractivity (Wildman–Crippen MR) is 110 cm³/mol. The zero-order valence-electron chi connectivity index (χ0n) is 15.7. The molecule has 0 fully saturated rings. The fourth-order valence-corrected chi connectivity index (χ4v) is 2.80. The summed E-state index contributed by atoms with van der Waals surface area (Å²) in [5.41, 5.74) is 3.36. The number of aromatic nitrogens is 1. The van der Waals surface area contributed by atoms with Crippen LogP contribution in [0.1, 0.15) is 23.7 Å². The van der Waals surface area contributed by atoms with Crippen molar-refractivity contribution in [2.24, 2.45) is 0 Å². The molecular formula is C23H18N2O4. The fourth-order valence-electron chi connectivity index (χ4n) is 2.80. The van der Waals surface area contributed by atoms with Crippen LogP contribution in [0.2, 0.25) is 0 Å². The van der Waals surface area contributed by atoms with Crippen molar-refractivity contribution in [1.82, 2.24) is 4.98 Å². The van der Waals surface area contributed by atoms with E-state index >= 15 is 0 Å². The maximum atomic E-state index is 12.5. The number of nitrogens with zero attached hydrogens (tertiary/aromatic N) is 1. The van der Waals surface area contributed by atoms with Crippen LogP contribution >= 0.6 is 0 Å². The second-order valence-corrected chi connectivity index (χ2v) is 6.37. The first-order chi connectivity index (χ1) is 14.1. The first-order valence-corrected chi connectivity index (χ1v) is 9.20. The van der Waals surface area contributed by atoms with Crippen LogP contribution in [0.3, 0.4) is 0 Å². The molecule has 1 amide bonds. The number of hydrogen-bond donors (Lipinski definition) is 1. The van der Waals surface area contributed by atoms with Crippen molar-refractivity contribution < 1.29 is 18.7 Å². The van der Waals surface area contributed by atoms with Crippen LogP contribution in [-0.2, 0) is 4.79 Å². The molecule has 0 atom stereocenters. The molecule has 6 nitrogen and oxygen atoms in total. The number of amides is 1. The van der Waals surface area contributed by atoms with Gasteiger partial charge in [0.1, 0.15) is 11.3 Å². The second-order valence-electron chi connectivity index (χ2n) is 6.37. The van der Waals surface area contributed by atoms with Crippen molar-refractivity contribution in [3.05, 3.63) is 78.4 Å². The van der Waals surface area contributed by atoms with Gasteiger partial charge in [0.05, 0.1) is 0 Å². The van der Waals surface area contributed by atoms with Crippen molar-refractivity contribution in [2.75, 3.05) is 5.32 Å². The summed E-state index contributed by atoms with van der Waals surface area (Å²) in [6.45, 7) is 1.71. The van der Waals surface area contributed by atoms with E-state index < -0.39 is 0 Å². The third-order valence-corrected chi connectivity index (χ3v) is 4.30. The molecule has 1 heterocycles. The average molecular weight is 386 g/mol. The number of anilines is 1. The minimum atomic E-state index is -0.350. The Morgan fingerprint density at radius 3 is 2.55 bits per heavy atom. The van der Waals surface area contributed by atoms with Crippen molar-refractivity contribution in [2.45, 2.75) is 13.3 Å². The van der Waals surface area contributed by atoms with Crippen molar-refractivity contribution in [3.63, 3.8) is 0 Å². The summed E-state index contributed by atoms with van der Waals surface area (Å²) in [6.07, 6.45) is 0.267. The number of rotatable bonds is 5. The molecule has 6 heteroatoms. The molecule has 4 rings (SSSR count). The molecular weight excluding hydrogens is 368 g/mol. The summed E-state index contributed by atoms with van der Waals surface area (Å²) in [5, 5.41) is 2.83.